The quantitative estimate of drug-likeness (QED) is 0.843. The van der Waals surface area contributed by atoms with Gasteiger partial charge in [-0.1, -0.05) is 6.42 Å². The van der Waals surface area contributed by atoms with Gasteiger partial charge in [-0.25, -0.2) is 4.79 Å². The highest BCUT2D eigenvalue weighted by Gasteiger charge is 2.25. The fraction of sp³-hybridized carbons (Fsp3) is 0.706. The van der Waals surface area contributed by atoms with Gasteiger partial charge in [0.1, 0.15) is 5.76 Å². The average Bonchev–Trinajstić information content (AvgIpc) is 3.28. The average molecular weight is 321 g/mol. The number of piperidine rings is 1. The number of likely N-dealkylation sites (tertiary alicyclic amines) is 1. The molecule has 2 aliphatic rings. The van der Waals surface area contributed by atoms with Gasteiger partial charge in [-0.3, -0.25) is 4.90 Å². The summed E-state index contributed by atoms with van der Waals surface area (Å²) in [5.74, 6) is 0.923. The number of nitrogens with one attached hydrogen (secondary N) is 2. The molecule has 0 spiro atoms. The highest BCUT2D eigenvalue weighted by Crippen LogP contribution is 2.24. The Morgan fingerprint density at radius 2 is 2.13 bits per heavy atom. The zero-order chi connectivity index (χ0) is 15.9. The Morgan fingerprint density at radius 1 is 1.26 bits per heavy atom. The van der Waals surface area contributed by atoms with Gasteiger partial charge in [-0.15, -0.1) is 0 Å². The van der Waals surface area contributed by atoms with E-state index in [-0.39, 0.29) is 18.2 Å². The van der Waals surface area contributed by atoms with E-state index in [0.717, 1.165) is 38.3 Å². The molecule has 1 aromatic heterocycles. The second-order valence-electron chi connectivity index (χ2n) is 6.35. The van der Waals surface area contributed by atoms with Crippen molar-refractivity contribution in [2.24, 2.45) is 0 Å². The molecule has 2 N–H and O–H groups in total. The normalized spacial score (nSPS) is 23.6. The van der Waals surface area contributed by atoms with Gasteiger partial charge < -0.3 is 19.8 Å². The molecule has 23 heavy (non-hydrogen) atoms. The topological polar surface area (TPSA) is 66.7 Å². The van der Waals surface area contributed by atoms with E-state index in [1.165, 1.54) is 19.3 Å². The lowest BCUT2D eigenvalue weighted by Crippen LogP contribution is -2.45. The Bertz CT molecular complexity index is 465. The summed E-state index contributed by atoms with van der Waals surface area (Å²) in [7, 11) is 0. The van der Waals surface area contributed by atoms with Gasteiger partial charge in [-0.2, -0.15) is 0 Å². The summed E-state index contributed by atoms with van der Waals surface area (Å²) >= 11 is 0. The molecule has 128 valence electrons. The number of ether oxygens (including phenoxy) is 1. The van der Waals surface area contributed by atoms with Crippen molar-refractivity contribution in [3.63, 3.8) is 0 Å². The Labute approximate surface area is 137 Å². The Kier molecular flexibility index (Phi) is 5.93. The molecule has 6 heteroatoms. The summed E-state index contributed by atoms with van der Waals surface area (Å²) in [6, 6.07) is 3.88. The predicted octanol–water partition coefficient (Wildman–Crippen LogP) is 2.28. The number of furan rings is 1. The van der Waals surface area contributed by atoms with Crippen molar-refractivity contribution >= 4 is 6.03 Å². The van der Waals surface area contributed by atoms with Crippen LogP contribution in [0.25, 0.3) is 0 Å². The first-order chi connectivity index (χ1) is 11.3. The van der Waals surface area contributed by atoms with Crippen LogP contribution in [0.15, 0.2) is 22.8 Å². The van der Waals surface area contributed by atoms with Crippen LogP contribution in [0.4, 0.5) is 4.79 Å². The zero-order valence-corrected chi connectivity index (χ0v) is 13.6. The lowest BCUT2D eigenvalue weighted by molar-refractivity contribution is 0.110. The number of rotatable bonds is 6. The fourth-order valence-electron chi connectivity index (χ4n) is 3.38. The van der Waals surface area contributed by atoms with Crippen LogP contribution in [0.1, 0.15) is 43.9 Å². The standard InChI is InChI=1S/C17H27N3O3/c21-17(18-12-14-6-4-10-22-14)19-13-15(16-7-5-11-23-16)20-8-2-1-3-9-20/h5,7,11,14-15H,1-4,6,8-10,12-13H2,(H2,18,19,21)/t14-,15+/m0/s1. The van der Waals surface area contributed by atoms with E-state index in [0.29, 0.717) is 13.1 Å². The van der Waals surface area contributed by atoms with Gasteiger partial charge in [0.25, 0.3) is 0 Å². The van der Waals surface area contributed by atoms with Crippen molar-refractivity contribution in [3.8, 4) is 0 Å². The third-order valence-electron chi connectivity index (χ3n) is 4.67. The van der Waals surface area contributed by atoms with Crippen LogP contribution in [0.2, 0.25) is 0 Å². The number of nitrogens with zero attached hydrogens (tertiary/aromatic N) is 1. The van der Waals surface area contributed by atoms with Gasteiger partial charge in [0, 0.05) is 19.7 Å². The van der Waals surface area contributed by atoms with Crippen molar-refractivity contribution in [1.29, 1.82) is 0 Å². The van der Waals surface area contributed by atoms with E-state index >= 15 is 0 Å². The molecule has 2 atom stereocenters. The molecule has 6 nitrogen and oxygen atoms in total. The van der Waals surface area contributed by atoms with Crippen molar-refractivity contribution in [3.05, 3.63) is 24.2 Å². The summed E-state index contributed by atoms with van der Waals surface area (Å²) in [6.45, 7) is 4.07. The van der Waals surface area contributed by atoms with Crippen LogP contribution >= 0.6 is 0 Å². The van der Waals surface area contributed by atoms with Crippen LogP contribution in [0, 0.1) is 0 Å². The van der Waals surface area contributed by atoms with Crippen LogP contribution in [0.3, 0.4) is 0 Å². The van der Waals surface area contributed by atoms with E-state index < -0.39 is 0 Å². The number of hydrogen-bond acceptors (Lipinski definition) is 4. The molecule has 3 rings (SSSR count). The van der Waals surface area contributed by atoms with E-state index in [4.69, 9.17) is 9.15 Å². The summed E-state index contributed by atoms with van der Waals surface area (Å²) in [6.07, 6.45) is 7.70. The number of amides is 2. The predicted molar refractivity (Wildman–Crippen MR) is 87.2 cm³/mol. The number of carbonyl (C=O) groups excluding carboxylic acids is 1. The van der Waals surface area contributed by atoms with E-state index in [1.807, 2.05) is 12.1 Å². The Balaban J connectivity index is 1.48. The Hall–Kier alpha value is -1.53. The summed E-state index contributed by atoms with van der Waals surface area (Å²) < 4.78 is 11.1. The van der Waals surface area contributed by atoms with Crippen molar-refractivity contribution in [2.75, 3.05) is 32.8 Å². The summed E-state index contributed by atoms with van der Waals surface area (Å²) in [5.41, 5.74) is 0. The third-order valence-corrected chi connectivity index (χ3v) is 4.67. The SMILES string of the molecule is O=C(NC[C@@H]1CCCO1)NC[C@H](c1ccco1)N1CCCCC1. The molecule has 2 saturated heterocycles. The molecule has 0 saturated carbocycles. The van der Waals surface area contributed by atoms with Crippen LogP contribution in [-0.4, -0.2) is 49.8 Å². The van der Waals surface area contributed by atoms with Gasteiger partial charge in [0.05, 0.1) is 18.4 Å². The van der Waals surface area contributed by atoms with Gasteiger partial charge in [0.15, 0.2) is 0 Å². The monoisotopic (exact) mass is 321 g/mol. The molecule has 2 amide bonds. The maximum atomic E-state index is 12.0. The zero-order valence-electron chi connectivity index (χ0n) is 13.6. The molecule has 0 radical (unpaired) electrons. The van der Waals surface area contributed by atoms with E-state index in [9.17, 15) is 4.79 Å². The lowest BCUT2D eigenvalue weighted by atomic mass is 10.1. The highest BCUT2D eigenvalue weighted by molar-refractivity contribution is 5.73. The maximum absolute atomic E-state index is 12.0. The minimum Gasteiger partial charge on any atom is -0.468 e. The highest BCUT2D eigenvalue weighted by atomic mass is 16.5. The fourth-order valence-corrected chi connectivity index (χ4v) is 3.38. The van der Waals surface area contributed by atoms with Crippen molar-refractivity contribution in [1.82, 2.24) is 15.5 Å². The second kappa shape index (κ2) is 8.36. The first kappa shape index (κ1) is 16.3. The summed E-state index contributed by atoms with van der Waals surface area (Å²) in [5, 5.41) is 5.89. The molecule has 2 fully saturated rings. The maximum Gasteiger partial charge on any atom is 0.314 e. The second-order valence-corrected chi connectivity index (χ2v) is 6.35. The van der Waals surface area contributed by atoms with Gasteiger partial charge in [0.2, 0.25) is 0 Å². The number of carbonyl (C=O) groups is 1. The molecule has 0 bridgehead atoms. The van der Waals surface area contributed by atoms with E-state index in [2.05, 4.69) is 15.5 Å². The minimum absolute atomic E-state index is 0.110. The van der Waals surface area contributed by atoms with Gasteiger partial charge in [-0.05, 0) is 50.9 Å². The van der Waals surface area contributed by atoms with Crippen LogP contribution < -0.4 is 10.6 Å². The van der Waals surface area contributed by atoms with Crippen molar-refractivity contribution < 1.29 is 13.9 Å². The molecule has 0 aromatic carbocycles. The molecular weight excluding hydrogens is 294 g/mol. The smallest absolute Gasteiger partial charge is 0.314 e. The summed E-state index contributed by atoms with van der Waals surface area (Å²) in [4.78, 5) is 14.4. The molecule has 3 heterocycles. The Morgan fingerprint density at radius 3 is 2.83 bits per heavy atom. The van der Waals surface area contributed by atoms with E-state index in [1.54, 1.807) is 6.26 Å². The minimum atomic E-state index is -0.130. The molecule has 1 aromatic rings. The molecular formula is C17H27N3O3. The largest absolute Gasteiger partial charge is 0.468 e. The molecule has 0 aliphatic carbocycles. The third kappa shape index (κ3) is 4.72. The molecule has 2 aliphatic heterocycles. The van der Waals surface area contributed by atoms with Crippen LogP contribution in [0.5, 0.6) is 0 Å². The van der Waals surface area contributed by atoms with Crippen molar-refractivity contribution in [2.45, 2.75) is 44.2 Å². The number of hydrogen-bond donors (Lipinski definition) is 2. The number of urea groups is 1. The van der Waals surface area contributed by atoms with Crippen LogP contribution in [-0.2, 0) is 4.74 Å². The lowest BCUT2D eigenvalue weighted by Gasteiger charge is -2.33. The van der Waals surface area contributed by atoms with Gasteiger partial charge >= 0.3 is 6.03 Å². The first-order valence-electron chi connectivity index (χ1n) is 8.73. The first-order valence-corrected chi connectivity index (χ1v) is 8.73. The molecule has 0 unspecified atom stereocenters.